The molecule has 5 nitrogen and oxygen atoms in total. The molecular weight excluding hydrogens is 275 g/mol. The van der Waals surface area contributed by atoms with Gasteiger partial charge in [-0.05, 0) is 17.2 Å². The second kappa shape index (κ2) is 6.81. The van der Waals surface area contributed by atoms with E-state index >= 15 is 0 Å². The van der Waals surface area contributed by atoms with Crippen LogP contribution >= 0.6 is 0 Å². The maximum Gasteiger partial charge on any atom is 0.271 e. The minimum Gasteiger partial charge on any atom is -0.380 e. The van der Waals surface area contributed by atoms with Crippen LogP contribution in [0.1, 0.15) is 11.1 Å². The Morgan fingerprint density at radius 3 is 2.48 bits per heavy atom. The number of halogens is 1. The zero-order valence-electron chi connectivity index (χ0n) is 11.5. The lowest BCUT2D eigenvalue weighted by atomic mass is 10.1. The lowest BCUT2D eigenvalue weighted by Gasteiger charge is -2.08. The highest BCUT2D eigenvalue weighted by Crippen LogP contribution is 2.21. The summed E-state index contributed by atoms with van der Waals surface area (Å²) in [6, 6.07) is 11.1. The molecule has 0 fully saturated rings. The molecule has 0 unspecified atom stereocenters. The maximum atomic E-state index is 13.6. The van der Waals surface area contributed by atoms with Gasteiger partial charge in [-0.15, -0.1) is 0 Å². The van der Waals surface area contributed by atoms with Crippen molar-refractivity contribution in [3.8, 4) is 0 Å². The highest BCUT2D eigenvalue weighted by Gasteiger charge is 2.10. The SMILES string of the molecule is COCc1ccc(CNc2cc([N+](=O)[O-])ccc2F)cc1. The number of benzene rings is 2. The van der Waals surface area contributed by atoms with E-state index in [4.69, 9.17) is 4.74 Å². The summed E-state index contributed by atoms with van der Waals surface area (Å²) in [6.07, 6.45) is 0. The highest BCUT2D eigenvalue weighted by molar-refractivity contribution is 5.52. The Kier molecular flexibility index (Phi) is 4.84. The summed E-state index contributed by atoms with van der Waals surface area (Å²) in [7, 11) is 1.63. The van der Waals surface area contributed by atoms with E-state index < -0.39 is 10.7 Å². The van der Waals surface area contributed by atoms with Gasteiger partial charge in [0.25, 0.3) is 5.69 Å². The topological polar surface area (TPSA) is 64.4 Å². The number of nitrogens with one attached hydrogen (secondary N) is 1. The second-order valence-electron chi connectivity index (χ2n) is 4.52. The number of hydrogen-bond acceptors (Lipinski definition) is 4. The zero-order valence-corrected chi connectivity index (χ0v) is 11.5. The first kappa shape index (κ1) is 14.9. The van der Waals surface area contributed by atoms with Crippen LogP contribution in [0.4, 0.5) is 15.8 Å². The van der Waals surface area contributed by atoms with Crippen molar-refractivity contribution in [2.75, 3.05) is 12.4 Å². The van der Waals surface area contributed by atoms with Crippen LogP contribution in [-0.4, -0.2) is 12.0 Å². The Labute approximate surface area is 121 Å². The van der Waals surface area contributed by atoms with Gasteiger partial charge >= 0.3 is 0 Å². The number of non-ortho nitro benzene ring substituents is 1. The summed E-state index contributed by atoms with van der Waals surface area (Å²) in [5.41, 5.74) is 1.96. The number of ether oxygens (including phenoxy) is 1. The van der Waals surface area contributed by atoms with Crippen LogP contribution in [0.15, 0.2) is 42.5 Å². The molecule has 0 aromatic heterocycles. The standard InChI is InChI=1S/C15H15FN2O3/c1-21-10-12-4-2-11(3-5-12)9-17-15-8-13(18(19)20)6-7-14(15)16/h2-8,17H,9-10H2,1H3. The first-order valence-corrected chi connectivity index (χ1v) is 6.34. The summed E-state index contributed by atoms with van der Waals surface area (Å²) in [5.74, 6) is -0.517. The lowest BCUT2D eigenvalue weighted by molar-refractivity contribution is -0.384. The molecule has 110 valence electrons. The van der Waals surface area contributed by atoms with E-state index in [1.807, 2.05) is 24.3 Å². The molecular formula is C15H15FN2O3. The lowest BCUT2D eigenvalue weighted by Crippen LogP contribution is -2.02. The second-order valence-corrected chi connectivity index (χ2v) is 4.52. The third kappa shape index (κ3) is 4.00. The zero-order chi connectivity index (χ0) is 15.2. The Bertz CT molecular complexity index is 629. The molecule has 2 aromatic rings. The summed E-state index contributed by atoms with van der Waals surface area (Å²) in [4.78, 5) is 10.1. The van der Waals surface area contributed by atoms with Crippen molar-refractivity contribution in [3.05, 3.63) is 69.5 Å². The number of nitrogens with zero attached hydrogens (tertiary/aromatic N) is 1. The van der Waals surface area contributed by atoms with E-state index in [-0.39, 0.29) is 11.4 Å². The van der Waals surface area contributed by atoms with E-state index in [1.54, 1.807) is 7.11 Å². The Balaban J connectivity index is 2.05. The van der Waals surface area contributed by atoms with Crippen molar-refractivity contribution in [1.82, 2.24) is 0 Å². The fourth-order valence-corrected chi connectivity index (χ4v) is 1.88. The van der Waals surface area contributed by atoms with Gasteiger partial charge in [0.2, 0.25) is 0 Å². The third-order valence-corrected chi connectivity index (χ3v) is 2.98. The van der Waals surface area contributed by atoms with Gasteiger partial charge in [0.05, 0.1) is 17.2 Å². The number of anilines is 1. The van der Waals surface area contributed by atoms with Crippen LogP contribution in [0.25, 0.3) is 0 Å². The molecule has 0 heterocycles. The summed E-state index contributed by atoms with van der Waals surface area (Å²) < 4.78 is 18.6. The van der Waals surface area contributed by atoms with E-state index in [1.165, 1.54) is 6.07 Å². The number of rotatable bonds is 6. The van der Waals surface area contributed by atoms with Crippen LogP contribution in [0.3, 0.4) is 0 Å². The Hall–Kier alpha value is -2.47. The van der Waals surface area contributed by atoms with Gasteiger partial charge in [-0.1, -0.05) is 24.3 Å². The van der Waals surface area contributed by atoms with Gasteiger partial charge in [-0.2, -0.15) is 0 Å². The molecule has 0 radical (unpaired) electrons. The Morgan fingerprint density at radius 2 is 1.86 bits per heavy atom. The van der Waals surface area contributed by atoms with Crippen LogP contribution in [0.2, 0.25) is 0 Å². The monoisotopic (exact) mass is 290 g/mol. The molecule has 0 bridgehead atoms. The van der Waals surface area contributed by atoms with E-state index in [0.717, 1.165) is 23.3 Å². The van der Waals surface area contributed by atoms with Gasteiger partial charge < -0.3 is 10.1 Å². The predicted molar refractivity (Wildman–Crippen MR) is 77.5 cm³/mol. The summed E-state index contributed by atoms with van der Waals surface area (Å²) >= 11 is 0. The molecule has 1 N–H and O–H groups in total. The van der Waals surface area contributed by atoms with E-state index in [2.05, 4.69) is 5.32 Å². The molecule has 0 aliphatic rings. The molecule has 0 amide bonds. The average molecular weight is 290 g/mol. The fourth-order valence-electron chi connectivity index (χ4n) is 1.88. The van der Waals surface area contributed by atoms with Gasteiger partial charge in [0.1, 0.15) is 5.82 Å². The Morgan fingerprint density at radius 1 is 1.19 bits per heavy atom. The smallest absolute Gasteiger partial charge is 0.271 e. The summed E-state index contributed by atoms with van der Waals surface area (Å²) in [6.45, 7) is 0.915. The van der Waals surface area contributed by atoms with Crippen molar-refractivity contribution < 1.29 is 14.1 Å². The van der Waals surface area contributed by atoms with Crippen molar-refractivity contribution in [3.63, 3.8) is 0 Å². The first-order chi connectivity index (χ1) is 10.1. The van der Waals surface area contributed by atoms with E-state index in [0.29, 0.717) is 13.2 Å². The van der Waals surface area contributed by atoms with Crippen molar-refractivity contribution >= 4 is 11.4 Å². The predicted octanol–water partition coefficient (Wildman–Crippen LogP) is 3.49. The molecule has 6 heteroatoms. The number of hydrogen-bond donors (Lipinski definition) is 1. The number of methoxy groups -OCH3 is 1. The van der Waals surface area contributed by atoms with Crippen molar-refractivity contribution in [2.45, 2.75) is 13.2 Å². The average Bonchev–Trinajstić information content (AvgIpc) is 2.48. The summed E-state index contributed by atoms with van der Waals surface area (Å²) in [5, 5.41) is 13.5. The van der Waals surface area contributed by atoms with Gasteiger partial charge in [-0.3, -0.25) is 10.1 Å². The first-order valence-electron chi connectivity index (χ1n) is 6.34. The molecule has 0 atom stereocenters. The van der Waals surface area contributed by atoms with Gasteiger partial charge in [0, 0.05) is 25.8 Å². The van der Waals surface area contributed by atoms with Crippen LogP contribution in [-0.2, 0) is 17.9 Å². The van der Waals surface area contributed by atoms with Gasteiger partial charge in [0.15, 0.2) is 0 Å². The van der Waals surface area contributed by atoms with Crippen molar-refractivity contribution in [1.29, 1.82) is 0 Å². The van der Waals surface area contributed by atoms with Gasteiger partial charge in [-0.25, -0.2) is 4.39 Å². The largest absolute Gasteiger partial charge is 0.380 e. The van der Waals surface area contributed by atoms with E-state index in [9.17, 15) is 14.5 Å². The normalized spacial score (nSPS) is 10.4. The van der Waals surface area contributed by atoms with Crippen molar-refractivity contribution in [2.24, 2.45) is 0 Å². The molecule has 2 rings (SSSR count). The molecule has 0 saturated heterocycles. The molecule has 0 aliphatic heterocycles. The fraction of sp³-hybridized carbons (Fsp3) is 0.200. The highest BCUT2D eigenvalue weighted by atomic mass is 19.1. The molecule has 2 aromatic carbocycles. The number of nitro groups is 1. The molecule has 21 heavy (non-hydrogen) atoms. The minimum atomic E-state index is -0.551. The quantitative estimate of drug-likeness (QED) is 0.653. The van der Waals surface area contributed by atoms with Crippen LogP contribution in [0, 0.1) is 15.9 Å². The molecule has 0 spiro atoms. The van der Waals surface area contributed by atoms with Crippen LogP contribution in [0.5, 0.6) is 0 Å². The minimum absolute atomic E-state index is 0.116. The molecule has 0 aliphatic carbocycles. The maximum absolute atomic E-state index is 13.6. The third-order valence-electron chi connectivity index (χ3n) is 2.98. The van der Waals surface area contributed by atoms with Crippen LogP contribution < -0.4 is 5.32 Å². The molecule has 0 saturated carbocycles. The number of nitro benzene ring substituents is 1.